The molecule has 0 aromatic heterocycles. The Labute approximate surface area is 151 Å². The van der Waals surface area contributed by atoms with Crippen molar-refractivity contribution >= 4 is 16.7 Å². The van der Waals surface area contributed by atoms with Crippen LogP contribution in [-0.4, -0.2) is 25.7 Å². The fraction of sp³-hybridized carbons (Fsp3) is 0.143. The lowest BCUT2D eigenvalue weighted by Gasteiger charge is -2.09. The van der Waals surface area contributed by atoms with Gasteiger partial charge in [0.2, 0.25) is 0 Å². The number of nitrogens with one attached hydrogen (secondary N) is 1. The number of rotatable bonds is 7. The lowest BCUT2D eigenvalue weighted by Crippen LogP contribution is -2.32. The molecular formula is C21H18N2O3. The summed E-state index contributed by atoms with van der Waals surface area (Å²) in [7, 11) is 0. The molecule has 0 atom stereocenters. The van der Waals surface area contributed by atoms with Crippen LogP contribution >= 0.6 is 0 Å². The molecule has 0 aliphatic carbocycles. The van der Waals surface area contributed by atoms with Crippen LogP contribution < -0.4 is 14.8 Å². The second-order valence-electron chi connectivity index (χ2n) is 5.63. The molecule has 0 bridgehead atoms. The van der Waals surface area contributed by atoms with Crippen LogP contribution in [0, 0.1) is 11.3 Å². The average molecular weight is 346 g/mol. The summed E-state index contributed by atoms with van der Waals surface area (Å²) in [6.45, 7) is 0.686. The highest BCUT2D eigenvalue weighted by Crippen LogP contribution is 2.20. The molecule has 0 aliphatic heterocycles. The van der Waals surface area contributed by atoms with E-state index in [-0.39, 0.29) is 12.5 Å². The van der Waals surface area contributed by atoms with Gasteiger partial charge >= 0.3 is 0 Å². The molecule has 0 heterocycles. The molecule has 5 heteroatoms. The smallest absolute Gasteiger partial charge is 0.258 e. The van der Waals surface area contributed by atoms with Gasteiger partial charge in [0.05, 0.1) is 18.2 Å². The van der Waals surface area contributed by atoms with E-state index in [0.29, 0.717) is 24.5 Å². The summed E-state index contributed by atoms with van der Waals surface area (Å²) in [6.07, 6.45) is 0. The van der Waals surface area contributed by atoms with Gasteiger partial charge in [-0.1, -0.05) is 30.3 Å². The third-order valence-electron chi connectivity index (χ3n) is 3.77. The number of nitrogens with zero attached hydrogens (tertiary/aromatic N) is 1. The lowest BCUT2D eigenvalue weighted by molar-refractivity contribution is -0.123. The summed E-state index contributed by atoms with van der Waals surface area (Å²) in [6, 6.07) is 22.6. The normalized spacial score (nSPS) is 10.1. The van der Waals surface area contributed by atoms with Crippen molar-refractivity contribution in [3.8, 4) is 17.6 Å². The lowest BCUT2D eigenvalue weighted by atomic mass is 10.1. The van der Waals surface area contributed by atoms with Crippen molar-refractivity contribution in [1.29, 1.82) is 5.26 Å². The Kier molecular flexibility index (Phi) is 5.69. The number of nitriles is 1. The number of fused-ring (bicyclic) bond motifs is 1. The first-order valence-corrected chi connectivity index (χ1v) is 8.26. The molecule has 0 fully saturated rings. The standard InChI is InChI=1S/C21H18N2O3/c22-14-16-5-8-19(9-6-16)26-15-21(24)23-11-12-25-20-10-7-17-3-1-2-4-18(17)13-20/h1-10,13H,11-12,15H2,(H,23,24). The Balaban J connectivity index is 1.38. The van der Waals surface area contributed by atoms with Crippen LogP contribution in [0.5, 0.6) is 11.5 Å². The largest absolute Gasteiger partial charge is 0.492 e. The third-order valence-corrected chi connectivity index (χ3v) is 3.77. The van der Waals surface area contributed by atoms with Gasteiger partial charge in [0, 0.05) is 0 Å². The SMILES string of the molecule is N#Cc1ccc(OCC(=O)NCCOc2ccc3ccccc3c2)cc1. The van der Waals surface area contributed by atoms with Crippen LogP contribution in [0.25, 0.3) is 10.8 Å². The van der Waals surface area contributed by atoms with Crippen molar-refractivity contribution in [2.24, 2.45) is 0 Å². The van der Waals surface area contributed by atoms with E-state index in [2.05, 4.69) is 5.32 Å². The second-order valence-corrected chi connectivity index (χ2v) is 5.63. The van der Waals surface area contributed by atoms with Gasteiger partial charge in [0.15, 0.2) is 6.61 Å². The van der Waals surface area contributed by atoms with E-state index in [1.807, 2.05) is 48.5 Å². The van der Waals surface area contributed by atoms with Crippen LogP contribution in [0.4, 0.5) is 0 Å². The van der Waals surface area contributed by atoms with E-state index in [4.69, 9.17) is 14.7 Å². The fourth-order valence-electron chi connectivity index (χ4n) is 2.44. The topological polar surface area (TPSA) is 71.3 Å². The maximum Gasteiger partial charge on any atom is 0.258 e. The predicted octanol–water partition coefficient (Wildman–Crippen LogP) is 3.29. The van der Waals surface area contributed by atoms with E-state index in [0.717, 1.165) is 16.5 Å². The minimum Gasteiger partial charge on any atom is -0.492 e. The van der Waals surface area contributed by atoms with Gasteiger partial charge in [-0.3, -0.25) is 4.79 Å². The van der Waals surface area contributed by atoms with E-state index >= 15 is 0 Å². The van der Waals surface area contributed by atoms with Crippen molar-refractivity contribution in [2.75, 3.05) is 19.8 Å². The first-order chi connectivity index (χ1) is 12.7. The molecule has 26 heavy (non-hydrogen) atoms. The van der Waals surface area contributed by atoms with E-state index in [1.165, 1.54) is 0 Å². The first-order valence-electron chi connectivity index (χ1n) is 8.26. The van der Waals surface area contributed by atoms with E-state index < -0.39 is 0 Å². The molecule has 3 aromatic carbocycles. The zero-order chi connectivity index (χ0) is 18.2. The molecule has 0 radical (unpaired) electrons. The number of ether oxygens (including phenoxy) is 2. The van der Waals surface area contributed by atoms with Crippen LogP contribution in [0.1, 0.15) is 5.56 Å². The molecule has 0 spiro atoms. The average Bonchev–Trinajstić information content (AvgIpc) is 2.70. The maximum atomic E-state index is 11.8. The van der Waals surface area contributed by atoms with Crippen molar-refractivity contribution in [2.45, 2.75) is 0 Å². The highest BCUT2D eigenvalue weighted by molar-refractivity contribution is 5.83. The Morgan fingerprint density at radius 3 is 2.42 bits per heavy atom. The van der Waals surface area contributed by atoms with Crippen molar-refractivity contribution in [3.63, 3.8) is 0 Å². The summed E-state index contributed by atoms with van der Waals surface area (Å²) in [4.78, 5) is 11.8. The molecular weight excluding hydrogens is 328 g/mol. The number of benzene rings is 3. The summed E-state index contributed by atoms with van der Waals surface area (Å²) in [5, 5.41) is 13.8. The summed E-state index contributed by atoms with van der Waals surface area (Å²) in [5.41, 5.74) is 0.549. The minimum absolute atomic E-state index is 0.0815. The molecule has 1 N–H and O–H groups in total. The fourth-order valence-corrected chi connectivity index (χ4v) is 2.44. The van der Waals surface area contributed by atoms with Gasteiger partial charge < -0.3 is 14.8 Å². The third kappa shape index (κ3) is 4.74. The number of carbonyl (C=O) groups excluding carboxylic acids is 1. The zero-order valence-electron chi connectivity index (χ0n) is 14.1. The molecule has 0 aliphatic rings. The molecule has 3 aromatic rings. The van der Waals surface area contributed by atoms with Crippen LogP contribution in [-0.2, 0) is 4.79 Å². The summed E-state index contributed by atoms with van der Waals surface area (Å²) in [5.74, 6) is 1.09. The Morgan fingerprint density at radius 1 is 0.923 bits per heavy atom. The Morgan fingerprint density at radius 2 is 1.65 bits per heavy atom. The van der Waals surface area contributed by atoms with Crippen LogP contribution in [0.15, 0.2) is 66.7 Å². The van der Waals surface area contributed by atoms with Gasteiger partial charge in [0.1, 0.15) is 18.1 Å². The van der Waals surface area contributed by atoms with Crippen LogP contribution in [0.3, 0.4) is 0 Å². The second kappa shape index (κ2) is 8.54. The van der Waals surface area contributed by atoms with Gasteiger partial charge in [-0.15, -0.1) is 0 Å². The molecule has 1 amide bonds. The number of hydrogen-bond acceptors (Lipinski definition) is 4. The molecule has 0 unspecified atom stereocenters. The quantitative estimate of drug-likeness (QED) is 0.667. The Hall–Kier alpha value is -3.52. The predicted molar refractivity (Wildman–Crippen MR) is 99.1 cm³/mol. The van der Waals surface area contributed by atoms with E-state index in [1.54, 1.807) is 24.3 Å². The molecule has 3 rings (SSSR count). The van der Waals surface area contributed by atoms with Crippen molar-refractivity contribution in [1.82, 2.24) is 5.32 Å². The number of hydrogen-bond donors (Lipinski definition) is 1. The molecule has 5 nitrogen and oxygen atoms in total. The van der Waals surface area contributed by atoms with Crippen molar-refractivity contribution in [3.05, 3.63) is 72.3 Å². The zero-order valence-corrected chi connectivity index (χ0v) is 14.1. The highest BCUT2D eigenvalue weighted by Gasteiger charge is 2.03. The minimum atomic E-state index is -0.225. The molecule has 0 saturated heterocycles. The van der Waals surface area contributed by atoms with Gasteiger partial charge in [0.25, 0.3) is 5.91 Å². The van der Waals surface area contributed by atoms with Gasteiger partial charge in [-0.2, -0.15) is 5.26 Å². The van der Waals surface area contributed by atoms with Crippen molar-refractivity contribution < 1.29 is 14.3 Å². The van der Waals surface area contributed by atoms with Gasteiger partial charge in [-0.25, -0.2) is 0 Å². The highest BCUT2D eigenvalue weighted by atomic mass is 16.5. The van der Waals surface area contributed by atoms with E-state index in [9.17, 15) is 4.79 Å². The number of carbonyl (C=O) groups is 1. The molecule has 130 valence electrons. The van der Waals surface area contributed by atoms with Gasteiger partial charge in [-0.05, 0) is 47.2 Å². The monoisotopic (exact) mass is 346 g/mol. The first kappa shape index (κ1) is 17.3. The van der Waals surface area contributed by atoms with Crippen LogP contribution in [0.2, 0.25) is 0 Å². The Bertz CT molecular complexity index is 930. The maximum absolute atomic E-state index is 11.8. The number of amides is 1. The molecule has 0 saturated carbocycles. The summed E-state index contributed by atoms with van der Waals surface area (Å²) < 4.78 is 11.0. The summed E-state index contributed by atoms with van der Waals surface area (Å²) >= 11 is 0.